The van der Waals surface area contributed by atoms with Crippen molar-refractivity contribution >= 4 is 30.3 Å². The van der Waals surface area contributed by atoms with Gasteiger partial charge in [0, 0.05) is 13.0 Å². The molecule has 22 heavy (non-hydrogen) atoms. The van der Waals surface area contributed by atoms with Gasteiger partial charge in [0.1, 0.15) is 6.54 Å². The first-order chi connectivity index (χ1) is 9.64. The lowest BCUT2D eigenvalue weighted by Gasteiger charge is -2.18. The van der Waals surface area contributed by atoms with Crippen LogP contribution in [0.5, 0.6) is 0 Å². The van der Waals surface area contributed by atoms with Gasteiger partial charge in [0.05, 0.1) is 6.54 Å². The molecule has 0 unspecified atom stereocenters. The van der Waals surface area contributed by atoms with E-state index in [1.807, 2.05) is 6.92 Å². The largest absolute Gasteiger partial charge is 0.480 e. The fourth-order valence-electron chi connectivity index (χ4n) is 1.45. The summed E-state index contributed by atoms with van der Waals surface area (Å²) < 4.78 is 35.5. The number of carboxylic acid groups (broad SMARTS) is 1. The molecule has 0 aromatic carbocycles. The maximum atomic E-state index is 11.8. The van der Waals surface area contributed by atoms with Crippen LogP contribution >= 0.6 is 12.4 Å². The van der Waals surface area contributed by atoms with E-state index < -0.39 is 30.6 Å². The van der Waals surface area contributed by atoms with Crippen LogP contribution in [0, 0.1) is 0 Å². The Kier molecular flexibility index (Phi) is 11.4. The van der Waals surface area contributed by atoms with Gasteiger partial charge in [-0.15, -0.1) is 12.4 Å². The van der Waals surface area contributed by atoms with Crippen LogP contribution in [0.1, 0.15) is 19.8 Å². The minimum Gasteiger partial charge on any atom is -0.480 e. The number of nitrogens with zero attached hydrogens (tertiary/aromatic N) is 1. The Morgan fingerprint density at radius 1 is 1.18 bits per heavy atom. The maximum Gasteiger partial charge on any atom is 0.405 e. The first-order valence-corrected chi connectivity index (χ1v) is 6.22. The number of nitrogens with one attached hydrogen (secondary N) is 2. The number of rotatable bonds is 8. The van der Waals surface area contributed by atoms with Crippen molar-refractivity contribution in [2.75, 3.05) is 26.2 Å². The van der Waals surface area contributed by atoms with Gasteiger partial charge in [-0.05, 0) is 13.0 Å². The average molecular weight is 350 g/mol. The normalized spacial score (nSPS) is 10.8. The third-order valence-electron chi connectivity index (χ3n) is 2.26. The van der Waals surface area contributed by atoms with Crippen molar-refractivity contribution in [3.63, 3.8) is 0 Å². The number of amides is 3. The van der Waals surface area contributed by atoms with Crippen molar-refractivity contribution in [1.29, 1.82) is 0 Å². The highest BCUT2D eigenvalue weighted by Crippen LogP contribution is 2.11. The number of hydrogen-bond donors (Lipinski definition) is 3. The molecule has 7 nitrogen and oxygen atoms in total. The smallest absolute Gasteiger partial charge is 0.405 e. The summed E-state index contributed by atoms with van der Waals surface area (Å²) in [5, 5.41) is 11.9. The van der Waals surface area contributed by atoms with Crippen molar-refractivity contribution in [1.82, 2.24) is 15.5 Å². The van der Waals surface area contributed by atoms with Crippen LogP contribution in [-0.2, 0) is 9.59 Å². The minimum atomic E-state index is -4.56. The zero-order valence-electron chi connectivity index (χ0n) is 11.9. The summed E-state index contributed by atoms with van der Waals surface area (Å²) >= 11 is 0. The second kappa shape index (κ2) is 11.1. The maximum absolute atomic E-state index is 11.8. The highest BCUT2D eigenvalue weighted by molar-refractivity contribution is 5.94. The molecule has 11 heteroatoms. The van der Waals surface area contributed by atoms with Gasteiger partial charge in [0.15, 0.2) is 0 Å². The van der Waals surface area contributed by atoms with Gasteiger partial charge < -0.3 is 10.4 Å². The van der Waals surface area contributed by atoms with E-state index in [-0.39, 0.29) is 31.9 Å². The van der Waals surface area contributed by atoms with Crippen LogP contribution in [0.25, 0.3) is 0 Å². The first kappa shape index (κ1) is 22.7. The third kappa shape index (κ3) is 13.4. The van der Waals surface area contributed by atoms with Crippen LogP contribution in [0.15, 0.2) is 0 Å². The summed E-state index contributed by atoms with van der Waals surface area (Å²) in [5.74, 6) is -1.83. The average Bonchev–Trinajstić information content (AvgIpc) is 2.32. The molecule has 0 spiro atoms. The summed E-state index contributed by atoms with van der Waals surface area (Å²) in [6.45, 7) is 0.604. The number of carboxylic acids is 1. The molecule has 0 atom stereocenters. The molecule has 0 radical (unpaired) electrons. The van der Waals surface area contributed by atoms with E-state index in [1.54, 1.807) is 5.32 Å². The number of hydrogen-bond acceptors (Lipinski definition) is 4. The number of carbonyl (C=O) groups excluding carboxylic acids is 2. The Balaban J connectivity index is 0. The van der Waals surface area contributed by atoms with Crippen LogP contribution in [0.2, 0.25) is 0 Å². The van der Waals surface area contributed by atoms with E-state index in [2.05, 4.69) is 0 Å². The zero-order chi connectivity index (χ0) is 16.5. The quantitative estimate of drug-likeness (QED) is 0.607. The summed E-state index contributed by atoms with van der Waals surface area (Å²) in [5.41, 5.74) is 0. The van der Waals surface area contributed by atoms with Gasteiger partial charge in [-0.1, -0.05) is 6.92 Å². The molecule has 0 rings (SSSR count). The van der Waals surface area contributed by atoms with Crippen LogP contribution < -0.4 is 10.6 Å². The molecule has 0 aliphatic heterocycles. The Labute approximate surface area is 131 Å². The van der Waals surface area contributed by atoms with Gasteiger partial charge in [-0.25, -0.2) is 4.79 Å². The Bertz CT molecular complexity index is 380. The molecule has 3 amide bonds. The lowest BCUT2D eigenvalue weighted by atomic mass is 10.3. The molecule has 0 heterocycles. The van der Waals surface area contributed by atoms with E-state index in [0.717, 1.165) is 0 Å². The standard InChI is InChI=1S/C11H18F3N3O4.ClH/c1-2-4-17(6-9(19)20)5-3-8(18)16-10(21)15-7-11(12,13)14;/h2-7H2,1H3,(H,19,20)(H2,15,16,18,21);1H. The van der Waals surface area contributed by atoms with Crippen molar-refractivity contribution in [2.24, 2.45) is 0 Å². The minimum absolute atomic E-state index is 0. The molecule has 0 aromatic rings. The molecule has 0 saturated heterocycles. The van der Waals surface area contributed by atoms with Crippen molar-refractivity contribution in [2.45, 2.75) is 25.9 Å². The van der Waals surface area contributed by atoms with Gasteiger partial charge in [-0.3, -0.25) is 19.8 Å². The molecule has 0 aliphatic rings. The Hall–Kier alpha value is -1.55. The SMILES string of the molecule is CCCN(CCC(=O)NC(=O)NCC(F)(F)F)CC(=O)O.Cl. The van der Waals surface area contributed by atoms with Gasteiger partial charge in [0.2, 0.25) is 5.91 Å². The number of aliphatic carboxylic acids is 1. The predicted molar refractivity (Wildman–Crippen MR) is 73.8 cm³/mol. The second-order valence-electron chi connectivity index (χ2n) is 4.27. The van der Waals surface area contributed by atoms with Gasteiger partial charge in [-0.2, -0.15) is 13.2 Å². The summed E-state index contributed by atoms with van der Waals surface area (Å²) in [6.07, 6.45) is -4.06. The lowest BCUT2D eigenvalue weighted by Crippen LogP contribution is -2.44. The predicted octanol–water partition coefficient (Wildman–Crippen LogP) is 0.983. The number of alkyl halides is 3. The van der Waals surface area contributed by atoms with E-state index in [0.29, 0.717) is 13.0 Å². The van der Waals surface area contributed by atoms with Crippen LogP contribution in [0.3, 0.4) is 0 Å². The molecule has 130 valence electrons. The molecule has 0 saturated carbocycles. The number of imide groups is 1. The van der Waals surface area contributed by atoms with Gasteiger partial charge >= 0.3 is 18.2 Å². The molecule has 3 N–H and O–H groups in total. The zero-order valence-corrected chi connectivity index (χ0v) is 12.7. The molecular weight excluding hydrogens is 331 g/mol. The molecular formula is C11H19ClF3N3O4. The first-order valence-electron chi connectivity index (χ1n) is 6.22. The lowest BCUT2D eigenvalue weighted by molar-refractivity contribution is -0.138. The summed E-state index contributed by atoms with van der Waals surface area (Å²) in [4.78, 5) is 34.4. The van der Waals surface area contributed by atoms with Crippen LogP contribution in [0.4, 0.5) is 18.0 Å². The molecule has 0 aliphatic carbocycles. The molecule has 0 fully saturated rings. The van der Waals surface area contributed by atoms with Crippen molar-refractivity contribution in [3.8, 4) is 0 Å². The summed E-state index contributed by atoms with van der Waals surface area (Å²) in [6, 6.07) is -1.24. The number of carbonyl (C=O) groups is 3. The van der Waals surface area contributed by atoms with Gasteiger partial charge in [0.25, 0.3) is 0 Å². The van der Waals surface area contributed by atoms with E-state index in [4.69, 9.17) is 5.11 Å². The fraction of sp³-hybridized carbons (Fsp3) is 0.727. The third-order valence-corrected chi connectivity index (χ3v) is 2.26. The highest BCUT2D eigenvalue weighted by atomic mass is 35.5. The monoisotopic (exact) mass is 349 g/mol. The number of urea groups is 1. The van der Waals surface area contributed by atoms with E-state index in [9.17, 15) is 27.6 Å². The number of halogens is 4. The van der Waals surface area contributed by atoms with Crippen LogP contribution in [-0.4, -0.2) is 60.3 Å². The summed E-state index contributed by atoms with van der Waals surface area (Å²) in [7, 11) is 0. The second-order valence-corrected chi connectivity index (χ2v) is 4.27. The Morgan fingerprint density at radius 3 is 2.23 bits per heavy atom. The van der Waals surface area contributed by atoms with Crippen molar-refractivity contribution in [3.05, 3.63) is 0 Å². The molecule has 0 bridgehead atoms. The highest BCUT2D eigenvalue weighted by Gasteiger charge is 2.27. The fourth-order valence-corrected chi connectivity index (χ4v) is 1.45. The van der Waals surface area contributed by atoms with Crippen molar-refractivity contribution < 1.29 is 32.7 Å². The van der Waals surface area contributed by atoms with E-state index in [1.165, 1.54) is 10.2 Å². The van der Waals surface area contributed by atoms with E-state index >= 15 is 0 Å². The molecule has 0 aromatic heterocycles. The Morgan fingerprint density at radius 2 is 1.77 bits per heavy atom. The topological polar surface area (TPSA) is 98.7 Å².